The molecule has 0 radical (unpaired) electrons. The van der Waals surface area contributed by atoms with Crippen molar-refractivity contribution in [2.24, 2.45) is 0 Å². The number of likely N-dealkylation sites (N-methyl/N-ethyl adjacent to an activating group) is 1. The second kappa shape index (κ2) is 21.3. The van der Waals surface area contributed by atoms with E-state index in [1.165, 1.54) is 51.4 Å². The molecule has 0 amide bonds. The van der Waals surface area contributed by atoms with E-state index in [0.717, 1.165) is 32.1 Å². The molecule has 0 heterocycles. The number of carbonyl (C=O) groups excluding carboxylic acids is 1. The van der Waals surface area contributed by atoms with Gasteiger partial charge in [0.2, 0.25) is 0 Å². The second-order valence-corrected chi connectivity index (χ2v) is 11.7. The zero-order valence-corrected chi connectivity index (χ0v) is 23.7. The Morgan fingerprint density at radius 3 is 1.97 bits per heavy atom. The number of nitrogens with zero attached hydrogens (tertiary/aromatic N) is 1. The molecule has 208 valence electrons. The molecule has 0 aromatic heterocycles. The molecule has 35 heavy (non-hydrogen) atoms. The summed E-state index contributed by atoms with van der Waals surface area (Å²) in [7, 11) is 1.54. The first-order valence-corrected chi connectivity index (χ1v) is 15.0. The standard InChI is InChI=1S/C26H52NO7P/c1-5-6-7-8-9-10-11-12-13-14-15-16-17-18-19-20-26(29)34-25(23-28)24-33-35(30,31)32-22-21-27(2,3)4/h12-13,25,28H,5-11,14-24H2,1-4H3/p+1/b13-12-/t25-/m0/s1. The normalized spacial score (nSPS) is 14.8. The van der Waals surface area contributed by atoms with Crippen LogP contribution in [0.15, 0.2) is 12.2 Å². The van der Waals surface area contributed by atoms with Crippen molar-refractivity contribution in [3.8, 4) is 0 Å². The molecule has 0 aliphatic rings. The molecule has 0 aliphatic carbocycles. The Balaban J connectivity index is 3.75. The van der Waals surface area contributed by atoms with Gasteiger partial charge in [0, 0.05) is 6.42 Å². The van der Waals surface area contributed by atoms with E-state index in [1.807, 2.05) is 21.1 Å². The molecule has 0 saturated carbocycles. The Kier molecular flexibility index (Phi) is 20.9. The Hall–Kier alpha value is -0.760. The first-order chi connectivity index (χ1) is 16.6. The predicted octanol–water partition coefficient (Wildman–Crippen LogP) is 5.77. The van der Waals surface area contributed by atoms with Gasteiger partial charge >= 0.3 is 13.8 Å². The topological polar surface area (TPSA) is 102 Å². The Morgan fingerprint density at radius 2 is 1.43 bits per heavy atom. The summed E-state index contributed by atoms with van der Waals surface area (Å²) in [5.41, 5.74) is 0. The number of hydrogen-bond acceptors (Lipinski definition) is 6. The van der Waals surface area contributed by atoms with Crippen molar-refractivity contribution in [2.45, 2.75) is 103 Å². The van der Waals surface area contributed by atoms with Crippen LogP contribution in [0.4, 0.5) is 0 Å². The molecular formula is C26H53NO7P+. The van der Waals surface area contributed by atoms with Crippen molar-refractivity contribution in [1.82, 2.24) is 0 Å². The molecular weight excluding hydrogens is 469 g/mol. The van der Waals surface area contributed by atoms with E-state index in [2.05, 4.69) is 19.1 Å². The third-order valence-electron chi connectivity index (χ3n) is 5.58. The van der Waals surface area contributed by atoms with E-state index in [4.69, 9.17) is 13.8 Å². The number of hydrogen-bond donors (Lipinski definition) is 2. The Bertz CT molecular complexity index is 593. The van der Waals surface area contributed by atoms with E-state index in [0.29, 0.717) is 11.0 Å². The van der Waals surface area contributed by atoms with Crippen LogP contribution in [-0.2, 0) is 23.1 Å². The fourth-order valence-electron chi connectivity index (χ4n) is 3.35. The summed E-state index contributed by atoms with van der Waals surface area (Å²) in [6.45, 7) is 1.94. The molecule has 9 heteroatoms. The first-order valence-electron chi connectivity index (χ1n) is 13.5. The van der Waals surface area contributed by atoms with Gasteiger partial charge in [-0.3, -0.25) is 13.8 Å². The zero-order chi connectivity index (χ0) is 26.4. The van der Waals surface area contributed by atoms with E-state index in [9.17, 15) is 19.4 Å². The molecule has 8 nitrogen and oxygen atoms in total. The van der Waals surface area contributed by atoms with Gasteiger partial charge in [0.15, 0.2) is 0 Å². The molecule has 2 atom stereocenters. The van der Waals surface area contributed by atoms with Gasteiger partial charge in [0.05, 0.1) is 34.4 Å². The van der Waals surface area contributed by atoms with Gasteiger partial charge < -0.3 is 19.2 Å². The van der Waals surface area contributed by atoms with Crippen LogP contribution in [-0.4, -0.2) is 74.1 Å². The minimum Gasteiger partial charge on any atom is -0.457 e. The number of carbonyl (C=O) groups is 1. The van der Waals surface area contributed by atoms with Gasteiger partial charge in [0.25, 0.3) is 0 Å². The lowest BCUT2D eigenvalue weighted by Gasteiger charge is -2.24. The van der Waals surface area contributed by atoms with Crippen LogP contribution in [0, 0.1) is 0 Å². The molecule has 0 rings (SSSR count). The summed E-state index contributed by atoms with van der Waals surface area (Å²) in [5, 5.41) is 9.38. The van der Waals surface area contributed by atoms with E-state index >= 15 is 0 Å². The van der Waals surface area contributed by atoms with Gasteiger partial charge in [-0.05, 0) is 32.1 Å². The number of phosphoric acid groups is 1. The number of quaternary nitrogens is 1. The van der Waals surface area contributed by atoms with Crippen molar-refractivity contribution in [2.75, 3.05) is 47.5 Å². The number of allylic oxidation sites excluding steroid dienone is 2. The predicted molar refractivity (Wildman–Crippen MR) is 141 cm³/mol. The van der Waals surface area contributed by atoms with Gasteiger partial charge in [0.1, 0.15) is 19.3 Å². The number of ether oxygens (including phenoxy) is 1. The summed E-state index contributed by atoms with van der Waals surface area (Å²) in [4.78, 5) is 21.7. The molecule has 1 unspecified atom stereocenters. The lowest BCUT2D eigenvalue weighted by molar-refractivity contribution is -0.870. The van der Waals surface area contributed by atoms with Gasteiger partial charge in [-0.1, -0.05) is 70.4 Å². The van der Waals surface area contributed by atoms with Crippen LogP contribution >= 0.6 is 7.82 Å². The van der Waals surface area contributed by atoms with Crippen molar-refractivity contribution in [3.05, 3.63) is 12.2 Å². The fraction of sp³-hybridized carbons (Fsp3) is 0.885. The molecule has 0 bridgehead atoms. The summed E-state index contributed by atoms with van der Waals surface area (Å²) in [6, 6.07) is 0. The van der Waals surface area contributed by atoms with Crippen molar-refractivity contribution in [1.29, 1.82) is 0 Å². The van der Waals surface area contributed by atoms with Crippen LogP contribution in [0.1, 0.15) is 96.8 Å². The summed E-state index contributed by atoms with van der Waals surface area (Å²) in [6.07, 6.45) is 19.2. The number of phosphoric ester groups is 1. The highest BCUT2D eigenvalue weighted by atomic mass is 31.2. The first kappa shape index (κ1) is 34.2. The molecule has 0 aromatic carbocycles. The number of unbranched alkanes of at least 4 members (excludes halogenated alkanes) is 11. The smallest absolute Gasteiger partial charge is 0.457 e. The minimum atomic E-state index is -4.26. The van der Waals surface area contributed by atoms with Crippen LogP contribution in [0.25, 0.3) is 0 Å². The third kappa shape index (κ3) is 24.7. The quantitative estimate of drug-likeness (QED) is 0.0546. The summed E-state index contributed by atoms with van der Waals surface area (Å²) < 4.78 is 27.4. The van der Waals surface area contributed by atoms with Crippen LogP contribution < -0.4 is 0 Å². The number of aliphatic hydroxyl groups excluding tert-OH is 1. The summed E-state index contributed by atoms with van der Waals surface area (Å²) >= 11 is 0. The number of aliphatic hydroxyl groups is 1. The highest BCUT2D eigenvalue weighted by molar-refractivity contribution is 7.47. The lowest BCUT2D eigenvalue weighted by atomic mass is 10.1. The minimum absolute atomic E-state index is 0.0519. The Morgan fingerprint density at radius 1 is 0.886 bits per heavy atom. The summed E-state index contributed by atoms with van der Waals surface area (Å²) in [5.74, 6) is -0.441. The van der Waals surface area contributed by atoms with Gasteiger partial charge in [-0.25, -0.2) is 4.57 Å². The van der Waals surface area contributed by atoms with Crippen LogP contribution in [0.3, 0.4) is 0 Å². The lowest BCUT2D eigenvalue weighted by Crippen LogP contribution is -2.37. The van der Waals surface area contributed by atoms with Crippen molar-refractivity contribution in [3.63, 3.8) is 0 Å². The highest BCUT2D eigenvalue weighted by Gasteiger charge is 2.25. The average Bonchev–Trinajstić information content (AvgIpc) is 2.78. The van der Waals surface area contributed by atoms with Gasteiger partial charge in [-0.2, -0.15) is 0 Å². The van der Waals surface area contributed by atoms with E-state index in [-0.39, 0.29) is 13.0 Å². The molecule has 0 spiro atoms. The molecule has 2 N–H and O–H groups in total. The second-order valence-electron chi connectivity index (χ2n) is 10.2. The maximum atomic E-state index is 12.0. The third-order valence-corrected chi connectivity index (χ3v) is 6.57. The van der Waals surface area contributed by atoms with Crippen molar-refractivity contribution >= 4 is 13.8 Å². The van der Waals surface area contributed by atoms with Gasteiger partial charge in [-0.15, -0.1) is 0 Å². The van der Waals surface area contributed by atoms with Crippen molar-refractivity contribution < 1.29 is 37.6 Å². The largest absolute Gasteiger partial charge is 0.472 e. The fourth-order valence-corrected chi connectivity index (χ4v) is 4.10. The molecule has 0 saturated heterocycles. The average molecular weight is 523 g/mol. The highest BCUT2D eigenvalue weighted by Crippen LogP contribution is 2.43. The van der Waals surface area contributed by atoms with Crippen LogP contribution in [0.2, 0.25) is 0 Å². The maximum absolute atomic E-state index is 12.0. The van der Waals surface area contributed by atoms with Crippen LogP contribution in [0.5, 0.6) is 0 Å². The SMILES string of the molecule is CCCCCCCC/C=C\CCCCCCCC(=O)O[C@@H](CO)COP(=O)(O)OCC[N+](C)(C)C. The Labute approximate surface area is 214 Å². The van der Waals surface area contributed by atoms with E-state index in [1.54, 1.807) is 0 Å². The zero-order valence-electron chi connectivity index (χ0n) is 22.8. The van der Waals surface area contributed by atoms with E-state index < -0.39 is 33.1 Å². The molecule has 0 fully saturated rings. The molecule has 0 aliphatic heterocycles. The maximum Gasteiger partial charge on any atom is 0.472 e. The number of rotatable bonds is 24. The number of esters is 1. The monoisotopic (exact) mass is 522 g/mol. The molecule has 0 aromatic rings.